The largest absolute Gasteiger partial charge is 0.396 e. The fourth-order valence-corrected chi connectivity index (χ4v) is 6.68. The van der Waals surface area contributed by atoms with Crippen molar-refractivity contribution < 1.29 is 10.2 Å². The molecule has 1 aromatic carbocycles. The van der Waals surface area contributed by atoms with E-state index >= 15 is 0 Å². The second-order valence-corrected chi connectivity index (χ2v) is 13.2. The Kier molecular flexibility index (Phi) is 11.3. The molecule has 3 rings (SSSR count). The van der Waals surface area contributed by atoms with E-state index in [-0.39, 0.29) is 29.5 Å². The molecule has 0 spiro atoms. The molecule has 6 heteroatoms. The zero-order chi connectivity index (χ0) is 26.8. The van der Waals surface area contributed by atoms with Crippen LogP contribution < -0.4 is 10.9 Å². The molecule has 0 saturated heterocycles. The minimum atomic E-state index is -0.0676. The van der Waals surface area contributed by atoms with Crippen LogP contribution in [0.1, 0.15) is 69.1 Å². The molecule has 37 heavy (non-hydrogen) atoms. The smallest absolute Gasteiger partial charge is 0.181 e. The Morgan fingerprint density at radius 3 is 1.78 bits per heavy atom. The van der Waals surface area contributed by atoms with Crippen molar-refractivity contribution in [2.75, 3.05) is 13.2 Å². The first-order valence-electron chi connectivity index (χ1n) is 13.3. The normalized spacial score (nSPS) is 12.6. The summed E-state index contributed by atoms with van der Waals surface area (Å²) in [6.07, 6.45) is 7.64. The van der Waals surface area contributed by atoms with Crippen LogP contribution in [0.25, 0.3) is 20.9 Å². The molecule has 0 saturated carbocycles. The number of rotatable bonds is 14. The maximum absolute atomic E-state index is 12.6. The van der Waals surface area contributed by atoms with Crippen LogP contribution >= 0.6 is 22.7 Å². The first-order valence-corrected chi connectivity index (χ1v) is 14.9. The van der Waals surface area contributed by atoms with Gasteiger partial charge < -0.3 is 10.2 Å². The summed E-state index contributed by atoms with van der Waals surface area (Å²) in [5.74, 6) is 0.312. The van der Waals surface area contributed by atoms with E-state index in [2.05, 4.69) is 20.8 Å². The van der Waals surface area contributed by atoms with Gasteiger partial charge in [-0.1, -0.05) is 57.9 Å². The van der Waals surface area contributed by atoms with Gasteiger partial charge in [0.25, 0.3) is 0 Å². The molecule has 0 aliphatic rings. The van der Waals surface area contributed by atoms with E-state index in [1.807, 2.05) is 24.3 Å². The standard InChI is InChI=1S/C31H40O4S2/c1-22(20-32)10-4-5-11-25-16-23(34)18-29(36-25)27-13-6-7-14-28(27)30-19-24(35)17-26(37-30)12-8-9-15-31(2,3)21-33/h6-7,13-14,16-19,22,32-33H,4-5,8-12,15,20-21H2,1-3H3. The Hall–Kier alpha value is -2.12. The van der Waals surface area contributed by atoms with Gasteiger partial charge in [-0.15, -0.1) is 22.7 Å². The van der Waals surface area contributed by atoms with Crippen molar-refractivity contribution in [3.8, 4) is 20.9 Å². The topological polar surface area (TPSA) is 74.6 Å². The lowest BCUT2D eigenvalue weighted by Crippen LogP contribution is -2.16. The average molecular weight is 541 g/mol. The Morgan fingerprint density at radius 2 is 1.30 bits per heavy atom. The summed E-state index contributed by atoms with van der Waals surface area (Å²) in [7, 11) is 0. The summed E-state index contributed by atoms with van der Waals surface area (Å²) in [5.41, 5.74) is 1.92. The number of hydrogen-bond donors (Lipinski definition) is 2. The molecule has 0 fully saturated rings. The van der Waals surface area contributed by atoms with E-state index in [1.165, 1.54) is 0 Å². The Labute approximate surface area is 228 Å². The third-order valence-electron chi connectivity index (χ3n) is 6.73. The molecule has 200 valence electrons. The predicted octanol–water partition coefficient (Wildman–Crippen LogP) is 6.94. The van der Waals surface area contributed by atoms with Gasteiger partial charge in [-0.3, -0.25) is 9.59 Å². The van der Waals surface area contributed by atoms with Crippen molar-refractivity contribution >= 4 is 22.7 Å². The third-order valence-corrected chi connectivity index (χ3v) is 9.01. The highest BCUT2D eigenvalue weighted by Gasteiger charge is 2.16. The van der Waals surface area contributed by atoms with Crippen molar-refractivity contribution in [1.29, 1.82) is 0 Å². The molecule has 4 nitrogen and oxygen atoms in total. The lowest BCUT2D eigenvalue weighted by Gasteiger charge is -2.21. The summed E-state index contributed by atoms with van der Waals surface area (Å²) in [6.45, 7) is 6.60. The number of unbranched alkanes of at least 4 members (excludes halogenated alkanes) is 2. The van der Waals surface area contributed by atoms with Gasteiger partial charge in [0.05, 0.1) is 0 Å². The van der Waals surface area contributed by atoms with Crippen molar-refractivity contribution in [2.45, 2.75) is 72.1 Å². The van der Waals surface area contributed by atoms with Crippen LogP contribution in [0.5, 0.6) is 0 Å². The maximum atomic E-state index is 12.6. The number of aliphatic hydroxyl groups excluding tert-OH is 2. The molecule has 2 aromatic heterocycles. The molecular formula is C31H40O4S2. The summed E-state index contributed by atoms with van der Waals surface area (Å²) in [5, 5.41) is 18.7. The monoisotopic (exact) mass is 540 g/mol. The van der Waals surface area contributed by atoms with Gasteiger partial charge in [-0.2, -0.15) is 0 Å². The van der Waals surface area contributed by atoms with Crippen molar-refractivity contribution in [2.24, 2.45) is 11.3 Å². The minimum absolute atomic E-state index is 0.00767. The molecule has 1 atom stereocenters. The highest BCUT2D eigenvalue weighted by Crippen LogP contribution is 2.37. The molecule has 3 aromatic rings. The molecule has 0 radical (unpaired) electrons. The van der Waals surface area contributed by atoms with E-state index < -0.39 is 0 Å². The van der Waals surface area contributed by atoms with E-state index in [9.17, 15) is 19.8 Å². The summed E-state index contributed by atoms with van der Waals surface area (Å²) in [4.78, 5) is 29.2. The van der Waals surface area contributed by atoms with Gasteiger partial charge in [0.15, 0.2) is 10.9 Å². The predicted molar refractivity (Wildman–Crippen MR) is 158 cm³/mol. The molecule has 0 aliphatic carbocycles. The number of hydrogen-bond acceptors (Lipinski definition) is 6. The lowest BCUT2D eigenvalue weighted by atomic mass is 9.88. The quantitative estimate of drug-likeness (QED) is 0.217. The highest BCUT2D eigenvalue weighted by atomic mass is 32.1. The highest BCUT2D eigenvalue weighted by molar-refractivity contribution is 7.16. The van der Waals surface area contributed by atoms with Gasteiger partial charge in [-0.25, -0.2) is 0 Å². The molecule has 2 N–H and O–H groups in total. The summed E-state index contributed by atoms with van der Waals surface area (Å²) >= 11 is 3.30. The zero-order valence-electron chi connectivity index (χ0n) is 22.3. The zero-order valence-corrected chi connectivity index (χ0v) is 23.9. The van der Waals surface area contributed by atoms with Gasteiger partial charge in [0, 0.05) is 56.0 Å². The van der Waals surface area contributed by atoms with Crippen LogP contribution in [-0.2, 0) is 12.8 Å². The first kappa shape index (κ1) is 29.4. The Balaban J connectivity index is 1.81. The van der Waals surface area contributed by atoms with E-state index in [0.29, 0.717) is 5.92 Å². The van der Waals surface area contributed by atoms with Crippen LogP contribution in [-0.4, -0.2) is 23.4 Å². The molecule has 0 aliphatic heterocycles. The van der Waals surface area contributed by atoms with Gasteiger partial charge in [-0.05, 0) is 62.0 Å². The lowest BCUT2D eigenvalue weighted by molar-refractivity contribution is 0.147. The van der Waals surface area contributed by atoms with E-state index in [0.717, 1.165) is 82.0 Å². The summed E-state index contributed by atoms with van der Waals surface area (Å²) in [6, 6.07) is 14.9. The SMILES string of the molecule is CC(CO)CCCCc1cc(=O)cc(-c2ccccc2-c2cc(=O)cc(CCCCC(C)(C)CO)s2)s1. The van der Waals surface area contributed by atoms with Crippen LogP contribution in [0.2, 0.25) is 0 Å². The van der Waals surface area contributed by atoms with Crippen LogP contribution in [0, 0.1) is 11.3 Å². The summed E-state index contributed by atoms with van der Waals surface area (Å²) < 4.78 is 0. The fraction of sp³-hybridized carbons (Fsp3) is 0.484. The molecule has 0 amide bonds. The Bertz CT molecular complexity index is 1260. The van der Waals surface area contributed by atoms with Gasteiger partial charge in [0.1, 0.15) is 0 Å². The van der Waals surface area contributed by atoms with E-state index in [1.54, 1.807) is 46.9 Å². The number of aliphatic hydroxyl groups is 2. The maximum Gasteiger partial charge on any atom is 0.181 e. The van der Waals surface area contributed by atoms with Crippen LogP contribution in [0.15, 0.2) is 58.1 Å². The van der Waals surface area contributed by atoms with Crippen LogP contribution in [0.4, 0.5) is 0 Å². The molecule has 1 unspecified atom stereocenters. The fourth-order valence-electron chi connectivity index (χ4n) is 4.35. The minimum Gasteiger partial charge on any atom is -0.396 e. The first-order chi connectivity index (χ1) is 17.7. The second-order valence-electron chi connectivity index (χ2n) is 10.9. The Morgan fingerprint density at radius 1 is 0.784 bits per heavy atom. The van der Waals surface area contributed by atoms with Crippen LogP contribution in [0.3, 0.4) is 0 Å². The van der Waals surface area contributed by atoms with Gasteiger partial charge >= 0.3 is 0 Å². The molecule has 2 heterocycles. The number of aryl methyl sites for hydroxylation is 2. The third kappa shape index (κ3) is 9.29. The average Bonchev–Trinajstić information content (AvgIpc) is 2.88. The second kappa shape index (κ2) is 14.1. The van der Waals surface area contributed by atoms with Crippen molar-refractivity contribution in [3.05, 3.63) is 78.7 Å². The van der Waals surface area contributed by atoms with Crippen molar-refractivity contribution in [3.63, 3.8) is 0 Å². The number of benzene rings is 1. The molecule has 0 bridgehead atoms. The molecular weight excluding hydrogens is 500 g/mol. The van der Waals surface area contributed by atoms with Gasteiger partial charge in [0.2, 0.25) is 0 Å². The van der Waals surface area contributed by atoms with Crippen molar-refractivity contribution in [1.82, 2.24) is 0 Å². The van der Waals surface area contributed by atoms with E-state index in [4.69, 9.17) is 0 Å².